The molecule has 0 saturated heterocycles. The summed E-state index contributed by atoms with van der Waals surface area (Å²) in [7, 11) is -2.17. The van der Waals surface area contributed by atoms with Crippen LogP contribution in [0.4, 0.5) is 11.4 Å². The lowest BCUT2D eigenvalue weighted by molar-refractivity contribution is 0.414. The van der Waals surface area contributed by atoms with E-state index in [0.29, 0.717) is 17.9 Å². The maximum absolute atomic E-state index is 11.4. The first-order chi connectivity index (χ1) is 9.88. The Morgan fingerprint density at radius 2 is 1.81 bits per heavy atom. The molecule has 0 aliphatic carbocycles. The SMILES string of the molecule is COc1ccc(CNc2cc(N)cc(S(N)(=O)=O)c2)cc1. The maximum atomic E-state index is 11.4. The van der Waals surface area contributed by atoms with Gasteiger partial charge in [0.25, 0.3) is 0 Å². The van der Waals surface area contributed by atoms with Gasteiger partial charge in [0.1, 0.15) is 5.75 Å². The van der Waals surface area contributed by atoms with E-state index < -0.39 is 10.0 Å². The Kier molecular flexibility index (Phi) is 4.35. The predicted octanol–water partition coefficient (Wildman–Crippen LogP) is 1.54. The number of nitrogens with two attached hydrogens (primary N) is 2. The number of nitrogens with one attached hydrogen (secondary N) is 1. The molecule has 2 rings (SSSR count). The van der Waals surface area contributed by atoms with Crippen LogP contribution in [-0.2, 0) is 16.6 Å². The third kappa shape index (κ3) is 4.11. The van der Waals surface area contributed by atoms with Crippen LogP contribution in [0.2, 0.25) is 0 Å². The zero-order chi connectivity index (χ0) is 15.5. The number of hydrogen-bond donors (Lipinski definition) is 3. The van der Waals surface area contributed by atoms with E-state index >= 15 is 0 Å². The second-order valence-corrected chi connectivity index (χ2v) is 6.10. The van der Waals surface area contributed by atoms with Crippen LogP contribution in [0.25, 0.3) is 0 Å². The van der Waals surface area contributed by atoms with Crippen molar-refractivity contribution in [2.24, 2.45) is 5.14 Å². The van der Waals surface area contributed by atoms with Crippen molar-refractivity contribution in [1.82, 2.24) is 0 Å². The van der Waals surface area contributed by atoms with Gasteiger partial charge in [-0.05, 0) is 35.9 Å². The lowest BCUT2D eigenvalue weighted by Crippen LogP contribution is -2.13. The van der Waals surface area contributed by atoms with Gasteiger partial charge in [-0.15, -0.1) is 0 Å². The fourth-order valence-corrected chi connectivity index (χ4v) is 2.43. The molecule has 6 nitrogen and oxygen atoms in total. The molecule has 0 unspecified atom stereocenters. The third-order valence-corrected chi connectivity index (χ3v) is 3.81. The van der Waals surface area contributed by atoms with Crippen LogP contribution in [0.3, 0.4) is 0 Å². The molecule has 0 aromatic heterocycles. The Morgan fingerprint density at radius 1 is 1.14 bits per heavy atom. The molecular formula is C14H17N3O3S. The van der Waals surface area contributed by atoms with Gasteiger partial charge in [-0.1, -0.05) is 12.1 Å². The van der Waals surface area contributed by atoms with Crippen LogP contribution in [0.5, 0.6) is 5.75 Å². The Morgan fingerprint density at radius 3 is 2.38 bits per heavy atom. The van der Waals surface area contributed by atoms with Gasteiger partial charge in [0.05, 0.1) is 12.0 Å². The van der Waals surface area contributed by atoms with E-state index in [0.717, 1.165) is 11.3 Å². The summed E-state index contributed by atoms with van der Waals surface area (Å²) < 4.78 is 27.8. The Bertz CT molecular complexity index is 728. The molecule has 112 valence electrons. The molecule has 0 radical (unpaired) electrons. The van der Waals surface area contributed by atoms with Crippen LogP contribution in [0.1, 0.15) is 5.56 Å². The summed E-state index contributed by atoms with van der Waals surface area (Å²) in [6.45, 7) is 0.525. The largest absolute Gasteiger partial charge is 0.497 e. The van der Waals surface area contributed by atoms with Crippen molar-refractivity contribution in [3.05, 3.63) is 48.0 Å². The first-order valence-electron chi connectivity index (χ1n) is 6.18. The summed E-state index contributed by atoms with van der Waals surface area (Å²) in [6.07, 6.45) is 0. The Hall–Kier alpha value is -2.25. The fourth-order valence-electron chi connectivity index (χ4n) is 1.84. The van der Waals surface area contributed by atoms with E-state index in [9.17, 15) is 8.42 Å². The smallest absolute Gasteiger partial charge is 0.238 e. The Balaban J connectivity index is 2.14. The van der Waals surface area contributed by atoms with Crippen LogP contribution < -0.4 is 20.9 Å². The fraction of sp³-hybridized carbons (Fsp3) is 0.143. The van der Waals surface area contributed by atoms with Crippen molar-refractivity contribution in [3.63, 3.8) is 0 Å². The van der Waals surface area contributed by atoms with E-state index in [1.807, 2.05) is 24.3 Å². The zero-order valence-electron chi connectivity index (χ0n) is 11.5. The summed E-state index contributed by atoms with van der Waals surface area (Å²) in [4.78, 5) is -0.0141. The highest BCUT2D eigenvalue weighted by Crippen LogP contribution is 2.20. The molecule has 0 aliphatic heterocycles. The number of nitrogen functional groups attached to an aromatic ring is 1. The maximum Gasteiger partial charge on any atom is 0.238 e. The highest BCUT2D eigenvalue weighted by atomic mass is 32.2. The Labute approximate surface area is 123 Å². The lowest BCUT2D eigenvalue weighted by Gasteiger charge is -2.10. The van der Waals surface area contributed by atoms with Gasteiger partial charge in [-0.2, -0.15) is 0 Å². The summed E-state index contributed by atoms with van der Waals surface area (Å²) >= 11 is 0. The van der Waals surface area contributed by atoms with Crippen molar-refractivity contribution >= 4 is 21.4 Å². The van der Waals surface area contributed by atoms with Gasteiger partial charge >= 0.3 is 0 Å². The third-order valence-electron chi connectivity index (χ3n) is 2.91. The quantitative estimate of drug-likeness (QED) is 0.726. The number of methoxy groups -OCH3 is 1. The number of sulfonamides is 1. The zero-order valence-corrected chi connectivity index (χ0v) is 12.4. The molecule has 2 aromatic rings. The highest BCUT2D eigenvalue weighted by Gasteiger charge is 2.09. The van der Waals surface area contributed by atoms with Crippen LogP contribution >= 0.6 is 0 Å². The van der Waals surface area contributed by atoms with Crippen molar-refractivity contribution in [3.8, 4) is 5.75 Å². The first kappa shape index (κ1) is 15.1. The molecule has 0 fully saturated rings. The standard InChI is InChI=1S/C14H17N3O3S/c1-20-13-4-2-10(3-5-13)9-17-12-6-11(15)7-14(8-12)21(16,18)19/h2-8,17H,9,15H2,1H3,(H2,16,18,19). The van der Waals surface area contributed by atoms with Crippen molar-refractivity contribution in [1.29, 1.82) is 0 Å². The second-order valence-electron chi connectivity index (χ2n) is 4.54. The summed E-state index contributed by atoms with van der Waals surface area (Å²) in [5.41, 5.74) is 7.63. The molecule has 0 atom stereocenters. The van der Waals surface area contributed by atoms with E-state index in [2.05, 4.69) is 5.32 Å². The van der Waals surface area contributed by atoms with Crippen molar-refractivity contribution < 1.29 is 13.2 Å². The minimum absolute atomic E-state index is 0.0141. The first-order valence-corrected chi connectivity index (χ1v) is 7.73. The summed E-state index contributed by atoms with van der Waals surface area (Å²) in [5, 5.41) is 8.22. The predicted molar refractivity (Wildman–Crippen MR) is 82.5 cm³/mol. The molecular weight excluding hydrogens is 290 g/mol. The molecule has 0 bridgehead atoms. The van der Waals surface area contributed by atoms with Crippen molar-refractivity contribution in [2.75, 3.05) is 18.2 Å². The van der Waals surface area contributed by atoms with E-state index in [1.54, 1.807) is 13.2 Å². The average molecular weight is 307 g/mol. The van der Waals surface area contributed by atoms with Gasteiger partial charge < -0.3 is 15.8 Å². The number of ether oxygens (including phenoxy) is 1. The number of primary sulfonamides is 1. The van der Waals surface area contributed by atoms with Gasteiger partial charge in [0.15, 0.2) is 0 Å². The topological polar surface area (TPSA) is 107 Å². The number of anilines is 2. The van der Waals surface area contributed by atoms with Gasteiger partial charge in [-0.25, -0.2) is 13.6 Å². The van der Waals surface area contributed by atoms with Gasteiger partial charge in [-0.3, -0.25) is 0 Å². The van der Waals surface area contributed by atoms with Crippen LogP contribution in [-0.4, -0.2) is 15.5 Å². The number of rotatable bonds is 5. The number of hydrogen-bond acceptors (Lipinski definition) is 5. The normalized spacial score (nSPS) is 11.1. The van der Waals surface area contributed by atoms with Crippen molar-refractivity contribution in [2.45, 2.75) is 11.4 Å². The van der Waals surface area contributed by atoms with E-state index in [4.69, 9.17) is 15.6 Å². The van der Waals surface area contributed by atoms with Crippen LogP contribution in [0.15, 0.2) is 47.4 Å². The molecule has 0 spiro atoms. The molecule has 5 N–H and O–H groups in total. The molecule has 2 aromatic carbocycles. The second kappa shape index (κ2) is 6.02. The monoisotopic (exact) mass is 307 g/mol. The number of benzene rings is 2. The minimum atomic E-state index is -3.78. The summed E-state index contributed by atoms with van der Waals surface area (Å²) in [5.74, 6) is 0.777. The highest BCUT2D eigenvalue weighted by molar-refractivity contribution is 7.89. The molecule has 21 heavy (non-hydrogen) atoms. The lowest BCUT2D eigenvalue weighted by atomic mass is 10.2. The van der Waals surface area contributed by atoms with Gasteiger partial charge in [0.2, 0.25) is 10.0 Å². The molecule has 0 saturated carbocycles. The minimum Gasteiger partial charge on any atom is -0.497 e. The molecule has 0 amide bonds. The summed E-state index contributed by atoms with van der Waals surface area (Å²) in [6, 6.07) is 12.0. The van der Waals surface area contributed by atoms with Gasteiger partial charge in [0, 0.05) is 17.9 Å². The molecule has 0 aliphatic rings. The average Bonchev–Trinajstić information content (AvgIpc) is 2.44. The van der Waals surface area contributed by atoms with E-state index in [1.165, 1.54) is 12.1 Å². The van der Waals surface area contributed by atoms with E-state index in [-0.39, 0.29) is 4.90 Å². The molecule has 0 heterocycles. The molecule has 7 heteroatoms. The van der Waals surface area contributed by atoms with Crippen LogP contribution in [0, 0.1) is 0 Å².